The lowest BCUT2D eigenvalue weighted by Crippen LogP contribution is -2.52. The van der Waals surface area contributed by atoms with Gasteiger partial charge in [-0.25, -0.2) is 0 Å². The summed E-state index contributed by atoms with van der Waals surface area (Å²) in [4.78, 5) is 24.6. The SMILES string of the molecule is CS[C@H]1OC(c2ccc(Cl)c(Cc3ccc(Cl)s3)c2)[C@H](C)[C@@H](OC(C)=O)[C@@H]1OC(C)=O. The zero-order chi connectivity index (χ0) is 22.7. The van der Waals surface area contributed by atoms with Crippen LogP contribution in [0.4, 0.5) is 0 Å². The minimum Gasteiger partial charge on any atom is -0.458 e. The second kappa shape index (κ2) is 10.6. The molecule has 1 aromatic carbocycles. The van der Waals surface area contributed by atoms with E-state index in [0.29, 0.717) is 11.4 Å². The first kappa shape index (κ1) is 24.4. The molecular weight excluding hydrogens is 479 g/mol. The second-order valence-electron chi connectivity index (χ2n) is 7.40. The van der Waals surface area contributed by atoms with E-state index in [1.165, 1.54) is 36.9 Å². The van der Waals surface area contributed by atoms with Gasteiger partial charge in [-0.1, -0.05) is 42.3 Å². The molecule has 5 atom stereocenters. The first-order valence-electron chi connectivity index (χ1n) is 9.74. The van der Waals surface area contributed by atoms with Crippen LogP contribution in [-0.4, -0.2) is 35.8 Å². The number of benzene rings is 1. The van der Waals surface area contributed by atoms with E-state index in [0.717, 1.165) is 20.3 Å². The first-order chi connectivity index (χ1) is 14.7. The molecule has 1 saturated heterocycles. The summed E-state index contributed by atoms with van der Waals surface area (Å²) in [5.41, 5.74) is 1.40. The summed E-state index contributed by atoms with van der Waals surface area (Å²) in [7, 11) is 0. The number of rotatable bonds is 6. The number of halogens is 2. The highest BCUT2D eigenvalue weighted by atomic mass is 35.5. The summed E-state index contributed by atoms with van der Waals surface area (Å²) in [5.74, 6) is -1.12. The van der Waals surface area contributed by atoms with E-state index in [4.69, 9.17) is 37.4 Å². The van der Waals surface area contributed by atoms with Gasteiger partial charge in [0.2, 0.25) is 0 Å². The summed E-state index contributed by atoms with van der Waals surface area (Å²) in [5, 5.41) is 0.660. The van der Waals surface area contributed by atoms with Gasteiger partial charge < -0.3 is 14.2 Å². The number of hydrogen-bond donors (Lipinski definition) is 0. The molecule has 31 heavy (non-hydrogen) atoms. The molecular formula is C22H24Cl2O5S2. The second-order valence-corrected chi connectivity index (χ2v) is 10.5. The lowest BCUT2D eigenvalue weighted by Gasteiger charge is -2.44. The molecule has 1 aliphatic rings. The van der Waals surface area contributed by atoms with Gasteiger partial charge in [0.15, 0.2) is 6.10 Å². The van der Waals surface area contributed by atoms with Gasteiger partial charge in [-0.05, 0) is 35.6 Å². The molecule has 1 aromatic heterocycles. The van der Waals surface area contributed by atoms with Crippen LogP contribution in [0.15, 0.2) is 30.3 Å². The monoisotopic (exact) mass is 502 g/mol. The van der Waals surface area contributed by atoms with Crippen molar-refractivity contribution < 1.29 is 23.8 Å². The average Bonchev–Trinajstić information content (AvgIpc) is 3.11. The summed E-state index contributed by atoms with van der Waals surface area (Å²) >= 11 is 15.5. The Morgan fingerprint density at radius 1 is 1.10 bits per heavy atom. The molecule has 1 fully saturated rings. The van der Waals surface area contributed by atoms with Crippen molar-refractivity contribution in [3.63, 3.8) is 0 Å². The van der Waals surface area contributed by atoms with Gasteiger partial charge in [0.25, 0.3) is 0 Å². The molecule has 5 nitrogen and oxygen atoms in total. The van der Waals surface area contributed by atoms with Crippen LogP contribution in [0.25, 0.3) is 0 Å². The van der Waals surface area contributed by atoms with E-state index in [1.807, 2.05) is 43.5 Å². The molecule has 3 rings (SSSR count). The third-order valence-electron chi connectivity index (χ3n) is 5.10. The molecule has 0 radical (unpaired) electrons. The normalized spacial score (nSPS) is 25.8. The molecule has 1 unspecified atom stereocenters. The number of thioether (sulfide) groups is 1. The van der Waals surface area contributed by atoms with Crippen LogP contribution in [0.5, 0.6) is 0 Å². The number of ether oxygens (including phenoxy) is 3. The Hall–Kier alpha value is -1.25. The lowest BCUT2D eigenvalue weighted by atomic mass is 9.86. The van der Waals surface area contributed by atoms with E-state index < -0.39 is 29.6 Å². The van der Waals surface area contributed by atoms with Gasteiger partial charge in [-0.15, -0.1) is 23.1 Å². The van der Waals surface area contributed by atoms with E-state index in [2.05, 4.69) is 0 Å². The van der Waals surface area contributed by atoms with Crippen LogP contribution in [0.2, 0.25) is 9.36 Å². The highest BCUT2D eigenvalue weighted by molar-refractivity contribution is 7.99. The van der Waals surface area contributed by atoms with Crippen molar-refractivity contribution >= 4 is 58.2 Å². The van der Waals surface area contributed by atoms with Crippen LogP contribution in [0, 0.1) is 5.92 Å². The molecule has 1 aliphatic heterocycles. The fraction of sp³-hybridized carbons (Fsp3) is 0.455. The third kappa shape index (κ3) is 5.96. The standard InChI is InChI=1S/C22H24Cl2O5S2/c1-11-19(29-22(30-4)21(28-13(3)26)20(11)27-12(2)25)14-5-7-17(23)15(9-14)10-16-6-8-18(24)31-16/h5-9,11,19-22H,10H2,1-4H3/t11-,19?,20+,21-,22+/m0/s1. The van der Waals surface area contributed by atoms with E-state index in [1.54, 1.807) is 0 Å². The molecule has 0 N–H and O–H groups in total. The quantitative estimate of drug-likeness (QED) is 0.457. The average molecular weight is 503 g/mol. The van der Waals surface area contributed by atoms with Crippen molar-refractivity contribution in [3.8, 4) is 0 Å². The van der Waals surface area contributed by atoms with Crippen molar-refractivity contribution in [2.45, 2.75) is 50.9 Å². The van der Waals surface area contributed by atoms with Crippen molar-refractivity contribution in [3.05, 3.63) is 55.7 Å². The molecule has 2 heterocycles. The Labute approximate surface area is 200 Å². The maximum Gasteiger partial charge on any atom is 0.303 e. The smallest absolute Gasteiger partial charge is 0.303 e. The minimum absolute atomic E-state index is 0.248. The van der Waals surface area contributed by atoms with Crippen molar-refractivity contribution in [2.24, 2.45) is 5.92 Å². The van der Waals surface area contributed by atoms with Gasteiger partial charge >= 0.3 is 11.9 Å². The summed E-state index contributed by atoms with van der Waals surface area (Å²) in [6, 6.07) is 9.65. The Morgan fingerprint density at radius 2 is 1.77 bits per heavy atom. The molecule has 0 saturated carbocycles. The van der Waals surface area contributed by atoms with Crippen molar-refractivity contribution in [1.82, 2.24) is 0 Å². The molecule has 0 amide bonds. The van der Waals surface area contributed by atoms with Crippen LogP contribution in [0.1, 0.15) is 42.9 Å². The van der Waals surface area contributed by atoms with Crippen LogP contribution < -0.4 is 0 Å². The Morgan fingerprint density at radius 3 is 2.35 bits per heavy atom. The van der Waals surface area contributed by atoms with Crippen LogP contribution in [0.3, 0.4) is 0 Å². The first-order valence-corrected chi connectivity index (χ1v) is 12.6. The number of thiophene rings is 1. The lowest BCUT2D eigenvalue weighted by molar-refractivity contribution is -0.208. The summed E-state index contributed by atoms with van der Waals surface area (Å²) < 4.78 is 18.2. The molecule has 9 heteroatoms. The predicted octanol–water partition coefficient (Wildman–Crippen LogP) is 5.91. The minimum atomic E-state index is -0.692. The van der Waals surface area contributed by atoms with Gasteiger partial charge in [0.05, 0.1) is 10.4 Å². The van der Waals surface area contributed by atoms with Gasteiger partial charge in [-0.3, -0.25) is 9.59 Å². The largest absolute Gasteiger partial charge is 0.458 e. The zero-order valence-corrected chi connectivity index (χ0v) is 20.7. The highest BCUT2D eigenvalue weighted by Crippen LogP contribution is 2.43. The predicted molar refractivity (Wildman–Crippen MR) is 125 cm³/mol. The fourth-order valence-electron chi connectivity index (χ4n) is 3.77. The topological polar surface area (TPSA) is 61.8 Å². The number of carbonyl (C=O) groups excluding carboxylic acids is 2. The van der Waals surface area contributed by atoms with Gasteiger partial charge in [-0.2, -0.15) is 0 Å². The number of hydrogen-bond acceptors (Lipinski definition) is 7. The summed E-state index contributed by atoms with van der Waals surface area (Å²) in [6.07, 6.45) is 0.833. The third-order valence-corrected chi connectivity index (χ3v) is 7.54. The Balaban J connectivity index is 1.92. The number of esters is 2. The maximum absolute atomic E-state index is 11.8. The Bertz CT molecular complexity index is 948. The van der Waals surface area contributed by atoms with Crippen LogP contribution >= 0.6 is 46.3 Å². The molecule has 0 aliphatic carbocycles. The van der Waals surface area contributed by atoms with Gasteiger partial charge in [0.1, 0.15) is 11.5 Å². The van der Waals surface area contributed by atoms with E-state index >= 15 is 0 Å². The molecule has 0 spiro atoms. The Kier molecular flexibility index (Phi) is 8.32. The maximum atomic E-state index is 11.8. The van der Waals surface area contributed by atoms with E-state index in [9.17, 15) is 9.59 Å². The van der Waals surface area contributed by atoms with Crippen molar-refractivity contribution in [1.29, 1.82) is 0 Å². The summed E-state index contributed by atoms with van der Waals surface area (Å²) in [6.45, 7) is 4.61. The molecule has 2 aromatic rings. The molecule has 168 valence electrons. The highest BCUT2D eigenvalue weighted by Gasteiger charge is 2.48. The van der Waals surface area contributed by atoms with E-state index in [-0.39, 0.29) is 12.0 Å². The molecule has 0 bridgehead atoms. The fourth-order valence-corrected chi connectivity index (χ4v) is 5.77. The van der Waals surface area contributed by atoms with Crippen LogP contribution in [-0.2, 0) is 30.2 Å². The van der Waals surface area contributed by atoms with Crippen molar-refractivity contribution in [2.75, 3.05) is 6.26 Å². The van der Waals surface area contributed by atoms with Gasteiger partial charge in [0, 0.05) is 36.1 Å². The number of carbonyl (C=O) groups is 2. The zero-order valence-electron chi connectivity index (χ0n) is 17.6.